The van der Waals surface area contributed by atoms with Gasteiger partial charge in [0.15, 0.2) is 17.3 Å². The minimum Gasteiger partial charge on any atom is -0.493 e. The minimum atomic E-state index is 0.543. The van der Waals surface area contributed by atoms with E-state index in [9.17, 15) is 0 Å². The summed E-state index contributed by atoms with van der Waals surface area (Å²) in [7, 11) is 4.81. The summed E-state index contributed by atoms with van der Waals surface area (Å²) in [4.78, 5) is 19.4. The third kappa shape index (κ3) is 5.36. The summed E-state index contributed by atoms with van der Waals surface area (Å²) in [6.45, 7) is 5.32. The standard InChI is InChI=1S/C30H37N7O3/c1-38-25-16-22(17-26(39-2)28(25)40-3)37-19-27(31-20-37)33-30-32-24-15-21(18-35-11-7-8-12-35)9-10-23(24)29(34-30)36-13-5-4-6-14-36/h9-10,15-17,19-20H,4-8,11-14,18H2,1-3H3,(H,32,33,34). The smallest absolute Gasteiger partial charge is 0.230 e. The molecule has 6 rings (SSSR count). The van der Waals surface area contributed by atoms with Gasteiger partial charge in [0.05, 0.1) is 38.7 Å². The summed E-state index contributed by atoms with van der Waals surface area (Å²) in [5.74, 6) is 3.88. The van der Waals surface area contributed by atoms with Gasteiger partial charge in [-0.3, -0.25) is 4.90 Å². The number of hydrogen-bond acceptors (Lipinski definition) is 9. The molecule has 40 heavy (non-hydrogen) atoms. The summed E-state index contributed by atoms with van der Waals surface area (Å²) >= 11 is 0. The third-order valence-electron chi connectivity index (χ3n) is 7.77. The zero-order valence-corrected chi connectivity index (χ0v) is 23.5. The highest BCUT2D eigenvalue weighted by Crippen LogP contribution is 2.39. The van der Waals surface area contributed by atoms with E-state index in [1.807, 2.05) is 22.9 Å². The number of piperidine rings is 1. The molecule has 0 saturated carbocycles. The number of nitrogens with one attached hydrogen (secondary N) is 1. The summed E-state index contributed by atoms with van der Waals surface area (Å²) in [6, 6.07) is 10.4. The molecule has 2 aromatic heterocycles. The van der Waals surface area contributed by atoms with Gasteiger partial charge in [0, 0.05) is 37.2 Å². The molecule has 0 aliphatic carbocycles. The molecule has 10 nitrogen and oxygen atoms in total. The molecule has 0 atom stereocenters. The number of aromatic nitrogens is 4. The molecule has 10 heteroatoms. The van der Waals surface area contributed by atoms with Crippen LogP contribution in [0.2, 0.25) is 0 Å². The maximum atomic E-state index is 5.52. The average molecular weight is 544 g/mol. The fourth-order valence-electron chi connectivity index (χ4n) is 5.72. The fraction of sp³-hybridized carbons (Fsp3) is 0.433. The zero-order chi connectivity index (χ0) is 27.5. The lowest BCUT2D eigenvalue weighted by molar-refractivity contribution is 0.324. The highest BCUT2D eigenvalue weighted by Gasteiger charge is 2.20. The van der Waals surface area contributed by atoms with E-state index >= 15 is 0 Å². The maximum absolute atomic E-state index is 5.52. The highest BCUT2D eigenvalue weighted by molar-refractivity contribution is 5.91. The van der Waals surface area contributed by atoms with Crippen molar-refractivity contribution in [2.24, 2.45) is 0 Å². The summed E-state index contributed by atoms with van der Waals surface area (Å²) in [5, 5.41) is 4.46. The molecule has 2 aromatic carbocycles. The second-order valence-electron chi connectivity index (χ2n) is 10.4. The molecule has 4 heterocycles. The van der Waals surface area contributed by atoms with Gasteiger partial charge >= 0.3 is 0 Å². The Morgan fingerprint density at radius 3 is 2.25 bits per heavy atom. The molecule has 0 bridgehead atoms. The van der Waals surface area contributed by atoms with Crippen molar-refractivity contribution in [2.45, 2.75) is 38.6 Å². The van der Waals surface area contributed by atoms with Crippen molar-refractivity contribution in [3.05, 3.63) is 48.4 Å². The Bertz CT molecular complexity index is 1450. The van der Waals surface area contributed by atoms with Crippen molar-refractivity contribution in [1.29, 1.82) is 0 Å². The van der Waals surface area contributed by atoms with E-state index in [0.717, 1.165) is 42.0 Å². The molecule has 4 aromatic rings. The van der Waals surface area contributed by atoms with Crippen molar-refractivity contribution in [3.63, 3.8) is 0 Å². The predicted molar refractivity (Wildman–Crippen MR) is 157 cm³/mol. The first-order valence-corrected chi connectivity index (χ1v) is 14.0. The molecule has 0 radical (unpaired) electrons. The van der Waals surface area contributed by atoms with Crippen molar-refractivity contribution in [1.82, 2.24) is 24.4 Å². The van der Waals surface area contributed by atoms with Crippen LogP contribution < -0.4 is 24.4 Å². The van der Waals surface area contributed by atoms with Crippen molar-refractivity contribution in [2.75, 3.05) is 57.7 Å². The van der Waals surface area contributed by atoms with Crippen LogP contribution in [0.25, 0.3) is 16.6 Å². The monoisotopic (exact) mass is 543 g/mol. The topological polar surface area (TPSA) is 89.8 Å². The van der Waals surface area contributed by atoms with E-state index in [4.69, 9.17) is 24.2 Å². The molecule has 1 N–H and O–H groups in total. The highest BCUT2D eigenvalue weighted by atomic mass is 16.5. The van der Waals surface area contributed by atoms with Crippen molar-refractivity contribution < 1.29 is 14.2 Å². The first-order valence-electron chi connectivity index (χ1n) is 14.0. The number of benzene rings is 2. The van der Waals surface area contributed by atoms with Crippen molar-refractivity contribution in [3.8, 4) is 22.9 Å². The quantitative estimate of drug-likeness (QED) is 0.307. The number of nitrogens with zero attached hydrogens (tertiary/aromatic N) is 6. The number of imidazole rings is 1. The lowest BCUT2D eigenvalue weighted by Crippen LogP contribution is -2.30. The Hall–Kier alpha value is -4.05. The van der Waals surface area contributed by atoms with Crippen LogP contribution in [0, 0.1) is 0 Å². The van der Waals surface area contributed by atoms with Gasteiger partial charge in [0.2, 0.25) is 11.7 Å². The summed E-state index contributed by atoms with van der Waals surface area (Å²) < 4.78 is 18.4. The van der Waals surface area contributed by atoms with Crippen LogP contribution in [0.15, 0.2) is 42.9 Å². The normalized spacial score (nSPS) is 15.9. The number of methoxy groups -OCH3 is 3. The van der Waals surface area contributed by atoms with E-state index in [1.54, 1.807) is 27.7 Å². The zero-order valence-electron chi connectivity index (χ0n) is 23.5. The lowest BCUT2D eigenvalue weighted by Gasteiger charge is -2.29. The second-order valence-corrected chi connectivity index (χ2v) is 10.4. The number of likely N-dealkylation sites (tertiary alicyclic amines) is 1. The Morgan fingerprint density at radius 2 is 1.55 bits per heavy atom. The SMILES string of the molecule is COc1cc(-n2cnc(Nc3nc(N4CCCCC4)c4ccc(CN5CCCC5)cc4n3)c2)cc(OC)c1OC. The lowest BCUT2D eigenvalue weighted by atomic mass is 10.1. The first kappa shape index (κ1) is 26.2. The Morgan fingerprint density at radius 1 is 0.825 bits per heavy atom. The van der Waals surface area contributed by atoms with E-state index < -0.39 is 0 Å². The predicted octanol–water partition coefficient (Wildman–Crippen LogP) is 5.17. The molecule has 2 aliphatic heterocycles. The van der Waals surface area contributed by atoms with Crippen LogP contribution in [0.4, 0.5) is 17.6 Å². The van der Waals surface area contributed by atoms with Gasteiger partial charge in [-0.25, -0.2) is 9.97 Å². The van der Waals surface area contributed by atoms with Crippen molar-refractivity contribution >= 4 is 28.5 Å². The van der Waals surface area contributed by atoms with Gasteiger partial charge in [0.25, 0.3) is 0 Å². The fourth-order valence-corrected chi connectivity index (χ4v) is 5.72. The Balaban J connectivity index is 1.32. The van der Waals surface area contributed by atoms with Crippen LogP contribution in [-0.4, -0.2) is 71.9 Å². The Kier molecular flexibility index (Phi) is 7.59. The minimum absolute atomic E-state index is 0.543. The maximum Gasteiger partial charge on any atom is 0.230 e. The second kappa shape index (κ2) is 11.6. The van der Waals surface area contributed by atoms with Gasteiger partial charge in [0.1, 0.15) is 12.1 Å². The first-order chi connectivity index (χ1) is 19.6. The van der Waals surface area contributed by atoms with E-state index in [-0.39, 0.29) is 0 Å². The van der Waals surface area contributed by atoms with Crippen LogP contribution in [0.5, 0.6) is 17.2 Å². The van der Waals surface area contributed by atoms with Gasteiger partial charge in [-0.1, -0.05) is 6.07 Å². The molecule has 0 unspecified atom stereocenters. The molecule has 0 amide bonds. The summed E-state index contributed by atoms with van der Waals surface area (Å²) in [6.07, 6.45) is 9.84. The van der Waals surface area contributed by atoms with E-state index in [1.165, 1.54) is 50.8 Å². The molecule has 0 spiro atoms. The molecular weight excluding hydrogens is 506 g/mol. The number of fused-ring (bicyclic) bond motifs is 1. The molecular formula is C30H37N7O3. The number of ether oxygens (including phenoxy) is 3. The summed E-state index contributed by atoms with van der Waals surface area (Å²) in [5.41, 5.74) is 3.07. The van der Waals surface area contributed by atoms with Crippen LogP contribution in [-0.2, 0) is 6.54 Å². The van der Waals surface area contributed by atoms with E-state index in [0.29, 0.717) is 29.0 Å². The largest absolute Gasteiger partial charge is 0.493 e. The van der Waals surface area contributed by atoms with Gasteiger partial charge in [-0.15, -0.1) is 0 Å². The number of anilines is 3. The van der Waals surface area contributed by atoms with Crippen LogP contribution >= 0.6 is 0 Å². The average Bonchev–Trinajstić information content (AvgIpc) is 3.68. The van der Waals surface area contributed by atoms with Gasteiger partial charge < -0.3 is 29.0 Å². The molecule has 2 saturated heterocycles. The Labute approximate surface area is 234 Å². The van der Waals surface area contributed by atoms with Gasteiger partial charge in [-0.05, 0) is 62.9 Å². The molecule has 2 fully saturated rings. The third-order valence-corrected chi connectivity index (χ3v) is 7.77. The van der Waals surface area contributed by atoms with Crippen LogP contribution in [0.1, 0.15) is 37.7 Å². The van der Waals surface area contributed by atoms with Gasteiger partial charge in [-0.2, -0.15) is 4.98 Å². The number of hydrogen-bond donors (Lipinski definition) is 1. The van der Waals surface area contributed by atoms with E-state index in [2.05, 4.69) is 38.3 Å². The van der Waals surface area contributed by atoms with Crippen LogP contribution in [0.3, 0.4) is 0 Å². The molecule has 210 valence electrons. The molecule has 2 aliphatic rings. The number of rotatable bonds is 9.